The van der Waals surface area contributed by atoms with Crippen LogP contribution in [0, 0.1) is 0 Å². The van der Waals surface area contributed by atoms with Gasteiger partial charge in [-0.2, -0.15) is 0 Å². The third-order valence-electron chi connectivity index (χ3n) is 14.9. The fourth-order valence-electron chi connectivity index (χ4n) is 10.4. The summed E-state index contributed by atoms with van der Waals surface area (Å²) in [5.74, 6) is -15.6. The van der Waals surface area contributed by atoms with Crippen molar-refractivity contribution in [3.05, 3.63) is 0 Å². The number of nitrogens with two attached hydrogens (primary N) is 1. The molecule has 3 amide bonds. The van der Waals surface area contributed by atoms with E-state index in [1.54, 1.807) is 0 Å². The first-order valence-electron chi connectivity index (χ1n) is 27.0. The monoisotopic (exact) mass is 1260 g/mol. The Bertz CT molecular complexity index is 2160. The van der Waals surface area contributed by atoms with Gasteiger partial charge in [0.2, 0.25) is 17.7 Å². The van der Waals surface area contributed by atoms with Gasteiger partial charge in [0.1, 0.15) is 130 Å². The maximum atomic E-state index is 13.9. The summed E-state index contributed by atoms with van der Waals surface area (Å²) in [7, 11) is 0. The van der Waals surface area contributed by atoms with Crippen LogP contribution < -0.4 is 21.7 Å². The molecule has 5 aliphatic rings. The van der Waals surface area contributed by atoms with Crippen LogP contribution in [0.3, 0.4) is 0 Å². The van der Waals surface area contributed by atoms with E-state index in [-0.39, 0.29) is 6.61 Å². The summed E-state index contributed by atoms with van der Waals surface area (Å²) >= 11 is 0. The molecule has 0 aliphatic carbocycles. The third kappa shape index (κ3) is 16.8. The number of nitrogens with one attached hydrogen (secondary N) is 3. The lowest BCUT2D eigenvalue weighted by atomic mass is 9.87. The first-order chi connectivity index (χ1) is 40.7. The molecule has 5 fully saturated rings. The number of aliphatic hydroxyl groups is 18. The number of aliphatic hydroxyl groups excluding tert-OH is 18. The molecule has 0 saturated carbocycles. The summed E-state index contributed by atoms with van der Waals surface area (Å²) in [6.45, 7) is -9.85. The summed E-state index contributed by atoms with van der Waals surface area (Å²) in [5, 5.41) is 222. The Hall–Kier alpha value is -3.81. The number of unbranched alkanes of at least 4 members (excludes halogenated alkanes) is 2. The minimum atomic E-state index is -3.65. The van der Waals surface area contributed by atoms with Gasteiger partial charge in [-0.05, 0) is 25.8 Å². The van der Waals surface area contributed by atoms with E-state index in [0.29, 0.717) is 25.8 Å². The molecule has 27 atom stereocenters. The minimum Gasteiger partial charge on any atom is -0.477 e. The molecule has 23 unspecified atom stereocenters. The molecule has 0 radical (unpaired) electrons. The van der Waals surface area contributed by atoms with Crippen LogP contribution in [0.25, 0.3) is 0 Å². The topological polar surface area (TPSA) is 644 Å². The molecule has 86 heavy (non-hydrogen) atoms. The van der Waals surface area contributed by atoms with Gasteiger partial charge in [-0.3, -0.25) is 14.4 Å². The molecule has 5 aliphatic heterocycles. The van der Waals surface area contributed by atoms with Crippen molar-refractivity contribution in [1.29, 1.82) is 0 Å². The van der Waals surface area contributed by atoms with Gasteiger partial charge in [0.05, 0.1) is 57.3 Å². The SMILES string of the molecule is NCCCCCOC1OC(CO)C(OC2OC(CO)C(OC3OC(CO)C(O)C(O)C3NC(=O)CO)C(OC3(C(=O)O)CC(O)C(NC(=O)CO)C([C@H](O)[C@@H](CO)OC4(C(=O)O)CC(O)C(NC(=O)CO)C([C@H](O)[C@H](O)CO)O4)O3)C2O)C(O)C1O. The summed E-state index contributed by atoms with van der Waals surface area (Å²) < 4.78 is 57.9. The predicted molar refractivity (Wildman–Crippen MR) is 267 cm³/mol. The highest BCUT2D eigenvalue weighted by molar-refractivity contribution is 5.79. The predicted octanol–water partition coefficient (Wildman–Crippen LogP) is -15.0. The number of ether oxygens (including phenoxy) is 10. The molecular weight excluding hydrogens is 1180 g/mol. The molecule has 0 bridgehead atoms. The van der Waals surface area contributed by atoms with Gasteiger partial charge >= 0.3 is 11.9 Å². The summed E-state index contributed by atoms with van der Waals surface area (Å²) in [6, 6.07) is -6.12. The van der Waals surface area contributed by atoms with E-state index in [1.807, 2.05) is 10.6 Å². The number of aliphatic carboxylic acids is 2. The lowest BCUT2D eigenvalue weighted by Crippen LogP contribution is -2.72. The molecule has 0 aromatic rings. The van der Waals surface area contributed by atoms with E-state index in [9.17, 15) is 126 Å². The first kappa shape index (κ1) is 72.9. The van der Waals surface area contributed by atoms with Crippen molar-refractivity contribution in [2.75, 3.05) is 66.0 Å². The van der Waals surface area contributed by atoms with Crippen LogP contribution in [0.5, 0.6) is 0 Å². The molecule has 5 rings (SSSR count). The van der Waals surface area contributed by atoms with Crippen molar-refractivity contribution in [2.45, 2.75) is 197 Å². The summed E-state index contributed by atoms with van der Waals surface area (Å²) in [4.78, 5) is 64.8. The average Bonchev–Trinajstić information content (AvgIpc) is 0.894. The quantitative estimate of drug-likeness (QED) is 0.0287. The van der Waals surface area contributed by atoms with Crippen LogP contribution in [0.2, 0.25) is 0 Å². The van der Waals surface area contributed by atoms with Crippen LogP contribution in [0.15, 0.2) is 0 Å². The van der Waals surface area contributed by atoms with E-state index in [1.165, 1.54) is 0 Å². The van der Waals surface area contributed by atoms with Gasteiger partial charge in [-0.15, -0.1) is 0 Å². The fraction of sp³-hybridized carbons (Fsp3) is 0.894. The van der Waals surface area contributed by atoms with Crippen molar-refractivity contribution in [3.8, 4) is 0 Å². The number of hydrogen-bond donors (Lipinski definition) is 24. The number of hydrogen-bond acceptors (Lipinski definition) is 34. The first-order valence-corrected chi connectivity index (χ1v) is 27.0. The summed E-state index contributed by atoms with van der Waals surface area (Å²) in [5.41, 5.74) is 5.53. The van der Waals surface area contributed by atoms with Gasteiger partial charge in [-0.25, -0.2) is 9.59 Å². The second kappa shape index (κ2) is 32.8. The van der Waals surface area contributed by atoms with E-state index in [2.05, 4.69) is 5.32 Å². The normalized spacial score (nSPS) is 40.0. The van der Waals surface area contributed by atoms with Crippen molar-refractivity contribution in [1.82, 2.24) is 16.0 Å². The standard InChI is InChI=1S/C47H80N4O35/c48-4-2-1-3-5-77-42-34(71)33(70)36(21(11-55)79-42)81-43-35(72)40(37(22(12-56)80-43)82-41-28(51-25(65)15-59)32(69)30(67)19(9-53)78-41)86-47(45(75)76)7-17(61)27(50-24(64)14-58)39(85-47)31(68)20(10-54)83-46(44(73)74)6-16(60)26(49-23(63)13-57)38(84-46)29(66)18(62)8-52/h16-22,26-43,52-62,66-72H,1-15,48H2,(H,49,63)(H,50,64)(H,51,65)(H,73,74)(H,75,76)/t16?,17?,18-,19?,20-,21?,22?,26?,27?,28?,29-,30?,31-,32?,33?,34?,35?,36?,37?,38?,39?,40?,41?,42?,43?,46?,47?/m1/s1. The zero-order chi connectivity index (χ0) is 64.1. The number of carbonyl (C=O) groups is 5. The molecule has 39 heteroatoms. The number of carbonyl (C=O) groups excluding carboxylic acids is 3. The smallest absolute Gasteiger partial charge is 0.364 e. The molecule has 5 heterocycles. The lowest BCUT2D eigenvalue weighted by Gasteiger charge is -2.52. The molecule has 25 N–H and O–H groups in total. The Morgan fingerprint density at radius 2 is 1.01 bits per heavy atom. The van der Waals surface area contributed by atoms with Crippen molar-refractivity contribution in [2.24, 2.45) is 5.73 Å². The Morgan fingerprint density at radius 1 is 0.523 bits per heavy atom. The van der Waals surface area contributed by atoms with Gasteiger partial charge in [0.15, 0.2) is 18.9 Å². The van der Waals surface area contributed by atoms with Gasteiger partial charge in [0, 0.05) is 19.4 Å². The van der Waals surface area contributed by atoms with Crippen molar-refractivity contribution >= 4 is 29.7 Å². The minimum absolute atomic E-state index is 0.0340. The van der Waals surface area contributed by atoms with Crippen LogP contribution >= 0.6 is 0 Å². The van der Waals surface area contributed by atoms with Gasteiger partial charge in [0.25, 0.3) is 11.6 Å². The second-order valence-electron chi connectivity index (χ2n) is 20.8. The van der Waals surface area contributed by atoms with E-state index in [4.69, 9.17) is 53.1 Å². The second-order valence-corrected chi connectivity index (χ2v) is 20.8. The van der Waals surface area contributed by atoms with Crippen molar-refractivity contribution in [3.63, 3.8) is 0 Å². The molecule has 5 saturated heterocycles. The molecule has 0 spiro atoms. The molecular formula is C47H80N4O35. The number of carboxylic acids is 2. The Kier molecular flexibility index (Phi) is 27.8. The zero-order valence-corrected chi connectivity index (χ0v) is 45.7. The Morgan fingerprint density at radius 3 is 1.52 bits per heavy atom. The summed E-state index contributed by atoms with van der Waals surface area (Å²) in [6.07, 6.45) is -50.4. The number of amides is 3. The van der Waals surface area contributed by atoms with Crippen LogP contribution in [-0.2, 0) is 71.3 Å². The zero-order valence-electron chi connectivity index (χ0n) is 45.7. The van der Waals surface area contributed by atoms with E-state index >= 15 is 0 Å². The maximum absolute atomic E-state index is 13.9. The van der Waals surface area contributed by atoms with Crippen LogP contribution in [0.4, 0.5) is 0 Å². The van der Waals surface area contributed by atoms with Crippen molar-refractivity contribution < 1.29 is 173 Å². The van der Waals surface area contributed by atoms with Gasteiger partial charge in [-0.1, -0.05) is 0 Å². The molecule has 0 aromatic heterocycles. The average molecular weight is 1260 g/mol. The van der Waals surface area contributed by atoms with Gasteiger partial charge < -0.3 is 171 Å². The highest BCUT2D eigenvalue weighted by Crippen LogP contribution is 2.42. The highest BCUT2D eigenvalue weighted by atomic mass is 16.8. The molecule has 498 valence electrons. The largest absolute Gasteiger partial charge is 0.477 e. The highest BCUT2D eigenvalue weighted by Gasteiger charge is 2.63. The molecule has 39 nitrogen and oxygen atoms in total. The Balaban J connectivity index is 1.62. The fourth-order valence-corrected chi connectivity index (χ4v) is 10.4. The maximum Gasteiger partial charge on any atom is 0.364 e. The Labute approximate surface area is 486 Å². The lowest BCUT2D eigenvalue weighted by molar-refractivity contribution is -0.402. The van der Waals surface area contributed by atoms with E-state index < -0.39 is 260 Å². The van der Waals surface area contributed by atoms with E-state index in [0.717, 1.165) is 0 Å². The van der Waals surface area contributed by atoms with Crippen LogP contribution in [-0.4, -0.2) is 362 Å². The number of rotatable bonds is 31. The molecule has 0 aromatic carbocycles. The number of carboxylic acid groups (broad SMARTS) is 2. The van der Waals surface area contributed by atoms with Crippen LogP contribution in [0.1, 0.15) is 32.1 Å². The third-order valence-corrected chi connectivity index (χ3v) is 14.9.